The van der Waals surface area contributed by atoms with E-state index in [-0.39, 0.29) is 5.91 Å². The molecule has 1 atom stereocenters. The highest BCUT2D eigenvalue weighted by atomic mass is 16.1. The Balaban J connectivity index is 2.14. The fraction of sp³-hybridized carbons (Fsp3) is 0.417. The summed E-state index contributed by atoms with van der Waals surface area (Å²) in [4.78, 5) is 10.9. The first kappa shape index (κ1) is 9.25. The zero-order chi connectivity index (χ0) is 10.1. The van der Waals surface area contributed by atoms with Crippen LogP contribution in [-0.2, 0) is 17.6 Å². The highest BCUT2D eigenvalue weighted by Gasteiger charge is 2.21. The SMILES string of the molecule is CC(=O)NC1Cc2ccc(C)cc2C1. The molecule has 0 spiro atoms. The van der Waals surface area contributed by atoms with Crippen LogP contribution in [0.5, 0.6) is 0 Å². The first-order valence-corrected chi connectivity index (χ1v) is 5.00. The molecule has 0 aromatic heterocycles. The maximum atomic E-state index is 10.9. The molecular formula is C12H15NO. The van der Waals surface area contributed by atoms with Gasteiger partial charge in [0.2, 0.25) is 5.91 Å². The molecule has 2 rings (SSSR count). The summed E-state index contributed by atoms with van der Waals surface area (Å²) in [5.74, 6) is 0.0690. The van der Waals surface area contributed by atoms with Crippen molar-refractivity contribution in [3.63, 3.8) is 0 Å². The second-order valence-electron chi connectivity index (χ2n) is 4.08. The molecule has 1 amide bonds. The summed E-state index contributed by atoms with van der Waals surface area (Å²) in [5, 5.41) is 2.97. The van der Waals surface area contributed by atoms with Gasteiger partial charge >= 0.3 is 0 Å². The molecule has 2 heteroatoms. The van der Waals surface area contributed by atoms with E-state index < -0.39 is 0 Å². The Morgan fingerprint density at radius 2 is 2.07 bits per heavy atom. The van der Waals surface area contributed by atoms with Crippen LogP contribution in [0.2, 0.25) is 0 Å². The van der Waals surface area contributed by atoms with E-state index in [2.05, 4.69) is 30.4 Å². The van der Waals surface area contributed by atoms with Gasteiger partial charge in [0, 0.05) is 13.0 Å². The second-order valence-corrected chi connectivity index (χ2v) is 4.08. The molecule has 1 aliphatic rings. The van der Waals surface area contributed by atoms with Crippen LogP contribution in [0.4, 0.5) is 0 Å². The Labute approximate surface area is 84.3 Å². The third-order valence-electron chi connectivity index (χ3n) is 2.70. The van der Waals surface area contributed by atoms with Gasteiger partial charge in [-0.25, -0.2) is 0 Å². The molecular weight excluding hydrogens is 174 g/mol. The number of carbonyl (C=O) groups excluding carboxylic acids is 1. The molecule has 0 aliphatic heterocycles. The van der Waals surface area contributed by atoms with Crippen molar-refractivity contribution in [1.82, 2.24) is 5.32 Å². The average molecular weight is 189 g/mol. The maximum absolute atomic E-state index is 10.9. The van der Waals surface area contributed by atoms with Crippen LogP contribution >= 0.6 is 0 Å². The number of fused-ring (bicyclic) bond motifs is 1. The molecule has 74 valence electrons. The van der Waals surface area contributed by atoms with Gasteiger partial charge in [0.15, 0.2) is 0 Å². The molecule has 0 fully saturated rings. The average Bonchev–Trinajstić information content (AvgIpc) is 2.44. The highest BCUT2D eigenvalue weighted by molar-refractivity contribution is 5.73. The van der Waals surface area contributed by atoms with Gasteiger partial charge in [-0.2, -0.15) is 0 Å². The van der Waals surface area contributed by atoms with E-state index in [4.69, 9.17) is 0 Å². The molecule has 0 saturated carbocycles. The predicted octanol–water partition coefficient (Wildman–Crippen LogP) is 1.60. The molecule has 1 aliphatic carbocycles. The molecule has 0 bridgehead atoms. The zero-order valence-corrected chi connectivity index (χ0v) is 8.63. The van der Waals surface area contributed by atoms with Crippen LogP contribution in [0, 0.1) is 6.92 Å². The monoisotopic (exact) mass is 189 g/mol. The normalized spacial score (nSPS) is 19.1. The number of hydrogen-bond acceptors (Lipinski definition) is 1. The van der Waals surface area contributed by atoms with E-state index in [1.54, 1.807) is 6.92 Å². The fourth-order valence-corrected chi connectivity index (χ4v) is 2.14. The molecule has 0 heterocycles. The van der Waals surface area contributed by atoms with E-state index in [1.165, 1.54) is 16.7 Å². The second kappa shape index (κ2) is 3.45. The van der Waals surface area contributed by atoms with Crippen LogP contribution < -0.4 is 5.32 Å². The number of aryl methyl sites for hydroxylation is 1. The van der Waals surface area contributed by atoms with E-state index in [0.29, 0.717) is 6.04 Å². The Kier molecular flexibility index (Phi) is 2.28. The Hall–Kier alpha value is -1.31. The third kappa shape index (κ3) is 1.79. The molecule has 1 N–H and O–H groups in total. The van der Waals surface area contributed by atoms with Gasteiger partial charge in [0.25, 0.3) is 0 Å². The van der Waals surface area contributed by atoms with E-state index in [9.17, 15) is 4.79 Å². The summed E-state index contributed by atoms with van der Waals surface area (Å²) >= 11 is 0. The lowest BCUT2D eigenvalue weighted by atomic mass is 10.1. The maximum Gasteiger partial charge on any atom is 0.217 e. The first-order valence-electron chi connectivity index (χ1n) is 5.00. The molecule has 2 nitrogen and oxygen atoms in total. The Morgan fingerprint density at radius 3 is 2.79 bits per heavy atom. The fourth-order valence-electron chi connectivity index (χ4n) is 2.14. The molecule has 1 unspecified atom stereocenters. The van der Waals surface area contributed by atoms with Crippen molar-refractivity contribution in [2.75, 3.05) is 0 Å². The van der Waals surface area contributed by atoms with Crippen molar-refractivity contribution in [1.29, 1.82) is 0 Å². The largest absolute Gasteiger partial charge is 0.353 e. The van der Waals surface area contributed by atoms with Crippen LogP contribution in [0.1, 0.15) is 23.6 Å². The van der Waals surface area contributed by atoms with Crippen LogP contribution in [0.15, 0.2) is 18.2 Å². The number of carbonyl (C=O) groups is 1. The summed E-state index contributed by atoms with van der Waals surface area (Å²) in [5.41, 5.74) is 4.07. The molecule has 1 aromatic carbocycles. The van der Waals surface area contributed by atoms with Crippen LogP contribution in [0.3, 0.4) is 0 Å². The van der Waals surface area contributed by atoms with Crippen LogP contribution in [-0.4, -0.2) is 11.9 Å². The number of amides is 1. The Morgan fingerprint density at radius 1 is 1.36 bits per heavy atom. The predicted molar refractivity (Wildman–Crippen MR) is 56.2 cm³/mol. The van der Waals surface area contributed by atoms with Gasteiger partial charge in [-0.1, -0.05) is 23.8 Å². The molecule has 0 saturated heterocycles. The number of hydrogen-bond donors (Lipinski definition) is 1. The lowest BCUT2D eigenvalue weighted by Crippen LogP contribution is -2.33. The highest BCUT2D eigenvalue weighted by Crippen LogP contribution is 2.23. The van der Waals surface area contributed by atoms with Crippen molar-refractivity contribution in [3.8, 4) is 0 Å². The van der Waals surface area contributed by atoms with Gasteiger partial charge in [0.1, 0.15) is 0 Å². The molecule has 14 heavy (non-hydrogen) atoms. The minimum atomic E-state index is 0.0690. The number of benzene rings is 1. The summed E-state index contributed by atoms with van der Waals surface area (Å²) in [7, 11) is 0. The van der Waals surface area contributed by atoms with Crippen molar-refractivity contribution in [2.24, 2.45) is 0 Å². The van der Waals surface area contributed by atoms with Gasteiger partial charge in [-0.05, 0) is 30.9 Å². The van der Waals surface area contributed by atoms with E-state index in [1.807, 2.05) is 0 Å². The van der Waals surface area contributed by atoms with Gasteiger partial charge in [-0.3, -0.25) is 4.79 Å². The summed E-state index contributed by atoms with van der Waals surface area (Å²) in [6.45, 7) is 3.68. The minimum absolute atomic E-state index is 0.0690. The van der Waals surface area contributed by atoms with E-state index in [0.717, 1.165) is 12.8 Å². The Bertz CT molecular complexity index is 371. The summed E-state index contributed by atoms with van der Waals surface area (Å²) in [6.07, 6.45) is 1.96. The standard InChI is InChI=1S/C12H15NO/c1-8-3-4-10-6-12(13-9(2)14)7-11(10)5-8/h3-5,12H,6-7H2,1-2H3,(H,13,14). The zero-order valence-electron chi connectivity index (χ0n) is 8.63. The quantitative estimate of drug-likeness (QED) is 0.714. The summed E-state index contributed by atoms with van der Waals surface area (Å²) in [6, 6.07) is 6.84. The lowest BCUT2D eigenvalue weighted by Gasteiger charge is -2.08. The molecule has 1 aromatic rings. The van der Waals surface area contributed by atoms with Gasteiger partial charge in [0.05, 0.1) is 0 Å². The van der Waals surface area contributed by atoms with Crippen LogP contribution in [0.25, 0.3) is 0 Å². The minimum Gasteiger partial charge on any atom is -0.353 e. The topological polar surface area (TPSA) is 29.1 Å². The smallest absolute Gasteiger partial charge is 0.217 e. The van der Waals surface area contributed by atoms with Gasteiger partial charge in [-0.15, -0.1) is 0 Å². The van der Waals surface area contributed by atoms with Crippen molar-refractivity contribution in [3.05, 3.63) is 34.9 Å². The summed E-state index contributed by atoms with van der Waals surface area (Å²) < 4.78 is 0. The molecule has 0 radical (unpaired) electrons. The van der Waals surface area contributed by atoms with Crippen molar-refractivity contribution in [2.45, 2.75) is 32.7 Å². The lowest BCUT2D eigenvalue weighted by molar-refractivity contribution is -0.119. The van der Waals surface area contributed by atoms with Crippen molar-refractivity contribution < 1.29 is 4.79 Å². The third-order valence-corrected chi connectivity index (χ3v) is 2.70. The number of rotatable bonds is 1. The van der Waals surface area contributed by atoms with Gasteiger partial charge < -0.3 is 5.32 Å². The van der Waals surface area contributed by atoms with E-state index >= 15 is 0 Å². The number of nitrogens with one attached hydrogen (secondary N) is 1. The van der Waals surface area contributed by atoms with Crippen molar-refractivity contribution >= 4 is 5.91 Å². The first-order chi connectivity index (χ1) is 6.65.